The minimum atomic E-state index is -0.292. The number of rotatable bonds is 4. The summed E-state index contributed by atoms with van der Waals surface area (Å²) in [6.07, 6.45) is 2.97. The van der Waals surface area contributed by atoms with Gasteiger partial charge in [0, 0.05) is 23.1 Å². The van der Waals surface area contributed by atoms with Crippen LogP contribution in [-0.4, -0.2) is 36.9 Å². The zero-order valence-electron chi connectivity index (χ0n) is 11.4. The van der Waals surface area contributed by atoms with Crippen molar-refractivity contribution in [3.8, 4) is 0 Å². The maximum atomic E-state index is 12.2. The highest BCUT2D eigenvalue weighted by Gasteiger charge is 2.59. The molecule has 1 spiro atoms. The van der Waals surface area contributed by atoms with E-state index in [0.717, 1.165) is 35.2 Å². The van der Waals surface area contributed by atoms with Crippen molar-refractivity contribution in [2.45, 2.75) is 43.9 Å². The van der Waals surface area contributed by atoms with Crippen LogP contribution in [0.25, 0.3) is 0 Å². The largest absolute Gasteiger partial charge is 0.375 e. The molecule has 4 nitrogen and oxygen atoms in total. The van der Waals surface area contributed by atoms with Crippen LogP contribution in [0.4, 0.5) is 0 Å². The number of nitrogens with one attached hydrogen (secondary N) is 1. The van der Waals surface area contributed by atoms with E-state index in [2.05, 4.69) is 21.2 Å². The predicted molar refractivity (Wildman–Crippen MR) is 81.2 cm³/mol. The molecule has 1 N–H and O–H groups in total. The molecular weight excluding hydrogens is 342 g/mol. The molecule has 1 saturated carbocycles. The maximum Gasteiger partial charge on any atom is 0.261 e. The Balaban J connectivity index is 1.67. The van der Waals surface area contributed by atoms with E-state index in [1.165, 1.54) is 11.3 Å². The molecule has 2 heterocycles. The Morgan fingerprint density at radius 1 is 1.70 bits per heavy atom. The van der Waals surface area contributed by atoms with E-state index in [1.54, 1.807) is 0 Å². The van der Waals surface area contributed by atoms with Gasteiger partial charge in [0.05, 0.1) is 17.0 Å². The number of ether oxygens (including phenoxy) is 2. The number of halogens is 1. The van der Waals surface area contributed by atoms with Gasteiger partial charge in [-0.3, -0.25) is 4.79 Å². The standard InChI is InChI=1S/C14H18BrNO3S/c1-2-18-12-7-11(14(12)4-3-5-19-14)16-13(17)10-6-9(15)8-20-10/h6,8,11-12H,2-5,7H2,1H3,(H,16,17). The van der Waals surface area contributed by atoms with E-state index in [0.29, 0.717) is 6.61 Å². The zero-order chi connectivity index (χ0) is 14.2. The summed E-state index contributed by atoms with van der Waals surface area (Å²) in [7, 11) is 0. The van der Waals surface area contributed by atoms with Gasteiger partial charge in [-0.2, -0.15) is 0 Å². The number of hydrogen-bond acceptors (Lipinski definition) is 4. The van der Waals surface area contributed by atoms with Crippen LogP contribution in [0.5, 0.6) is 0 Å². The van der Waals surface area contributed by atoms with Gasteiger partial charge >= 0.3 is 0 Å². The molecular formula is C14H18BrNO3S. The van der Waals surface area contributed by atoms with Crippen molar-refractivity contribution in [1.29, 1.82) is 0 Å². The Morgan fingerprint density at radius 3 is 3.15 bits per heavy atom. The fourth-order valence-electron chi connectivity index (χ4n) is 3.14. The fourth-order valence-corrected chi connectivity index (χ4v) is 4.47. The number of carbonyl (C=O) groups excluding carboxylic acids is 1. The quantitative estimate of drug-likeness (QED) is 0.898. The summed E-state index contributed by atoms with van der Waals surface area (Å²) in [5.41, 5.74) is -0.292. The van der Waals surface area contributed by atoms with Crippen molar-refractivity contribution in [2.75, 3.05) is 13.2 Å². The van der Waals surface area contributed by atoms with E-state index in [1.807, 2.05) is 18.4 Å². The molecule has 3 atom stereocenters. The van der Waals surface area contributed by atoms with Gasteiger partial charge in [-0.1, -0.05) is 0 Å². The Hall–Kier alpha value is -0.430. The smallest absolute Gasteiger partial charge is 0.261 e. The van der Waals surface area contributed by atoms with Crippen molar-refractivity contribution < 1.29 is 14.3 Å². The Bertz CT molecular complexity index is 498. The Kier molecular flexibility index (Phi) is 4.17. The molecule has 2 aliphatic rings. The lowest BCUT2D eigenvalue weighted by atomic mass is 9.70. The van der Waals surface area contributed by atoms with Gasteiger partial charge in [-0.05, 0) is 48.2 Å². The van der Waals surface area contributed by atoms with Crippen LogP contribution >= 0.6 is 27.3 Å². The highest BCUT2D eigenvalue weighted by atomic mass is 79.9. The number of carbonyl (C=O) groups is 1. The molecule has 0 radical (unpaired) electrons. The average Bonchev–Trinajstić information content (AvgIpc) is 3.07. The SMILES string of the molecule is CCOC1CC(NC(=O)c2cc(Br)cs2)C12CCCO2. The highest BCUT2D eigenvalue weighted by Crippen LogP contribution is 2.45. The van der Waals surface area contributed by atoms with Crippen molar-refractivity contribution in [2.24, 2.45) is 0 Å². The van der Waals surface area contributed by atoms with Crippen LogP contribution in [0, 0.1) is 0 Å². The topological polar surface area (TPSA) is 47.6 Å². The minimum Gasteiger partial charge on any atom is -0.375 e. The molecule has 1 aromatic rings. The van der Waals surface area contributed by atoms with E-state index >= 15 is 0 Å². The van der Waals surface area contributed by atoms with Gasteiger partial charge in [-0.25, -0.2) is 0 Å². The summed E-state index contributed by atoms with van der Waals surface area (Å²) in [6, 6.07) is 1.91. The van der Waals surface area contributed by atoms with Gasteiger partial charge < -0.3 is 14.8 Å². The Morgan fingerprint density at radius 2 is 2.55 bits per heavy atom. The molecule has 0 aromatic carbocycles. The average molecular weight is 360 g/mol. The van der Waals surface area contributed by atoms with Gasteiger partial charge in [0.2, 0.25) is 0 Å². The first-order chi connectivity index (χ1) is 9.65. The first-order valence-electron chi connectivity index (χ1n) is 6.96. The molecule has 1 amide bonds. The second-order valence-corrected chi connectivity index (χ2v) is 7.07. The summed E-state index contributed by atoms with van der Waals surface area (Å²) in [5, 5.41) is 5.03. The third-order valence-electron chi connectivity index (χ3n) is 4.13. The summed E-state index contributed by atoms with van der Waals surface area (Å²) in [5.74, 6) is -0.0180. The molecule has 110 valence electrons. The summed E-state index contributed by atoms with van der Waals surface area (Å²) in [4.78, 5) is 13.0. The van der Waals surface area contributed by atoms with Crippen LogP contribution in [0.2, 0.25) is 0 Å². The lowest BCUT2D eigenvalue weighted by molar-refractivity contribution is -0.194. The lowest BCUT2D eigenvalue weighted by Gasteiger charge is -2.52. The summed E-state index contributed by atoms with van der Waals surface area (Å²) in [6.45, 7) is 3.45. The molecule has 2 fully saturated rings. The van der Waals surface area contributed by atoms with Crippen molar-refractivity contribution >= 4 is 33.2 Å². The van der Waals surface area contributed by atoms with Gasteiger partial charge in [0.1, 0.15) is 5.60 Å². The normalized spacial score (nSPS) is 32.3. The van der Waals surface area contributed by atoms with Crippen molar-refractivity contribution in [3.05, 3.63) is 20.8 Å². The molecule has 0 bridgehead atoms. The monoisotopic (exact) mass is 359 g/mol. The molecule has 3 unspecified atom stereocenters. The molecule has 20 heavy (non-hydrogen) atoms. The summed E-state index contributed by atoms with van der Waals surface area (Å²) < 4.78 is 12.7. The summed E-state index contributed by atoms with van der Waals surface area (Å²) >= 11 is 4.82. The lowest BCUT2D eigenvalue weighted by Crippen LogP contribution is -2.69. The van der Waals surface area contributed by atoms with Gasteiger partial charge in [-0.15, -0.1) is 11.3 Å². The number of amides is 1. The van der Waals surface area contributed by atoms with Crippen molar-refractivity contribution in [1.82, 2.24) is 5.32 Å². The molecule has 1 aliphatic heterocycles. The fraction of sp³-hybridized carbons (Fsp3) is 0.643. The van der Waals surface area contributed by atoms with E-state index < -0.39 is 0 Å². The third-order valence-corrected chi connectivity index (χ3v) is 5.82. The van der Waals surface area contributed by atoms with Crippen LogP contribution < -0.4 is 5.32 Å². The maximum absolute atomic E-state index is 12.2. The van der Waals surface area contributed by atoms with Crippen LogP contribution in [0.15, 0.2) is 15.9 Å². The highest BCUT2D eigenvalue weighted by molar-refractivity contribution is 9.10. The van der Waals surface area contributed by atoms with Crippen LogP contribution in [-0.2, 0) is 9.47 Å². The first kappa shape index (κ1) is 14.5. The van der Waals surface area contributed by atoms with Crippen LogP contribution in [0.1, 0.15) is 35.9 Å². The second-order valence-electron chi connectivity index (χ2n) is 5.24. The number of thiophene rings is 1. The van der Waals surface area contributed by atoms with Crippen LogP contribution in [0.3, 0.4) is 0 Å². The number of hydrogen-bond donors (Lipinski definition) is 1. The van der Waals surface area contributed by atoms with E-state index in [-0.39, 0.29) is 23.7 Å². The Labute approximate surface area is 131 Å². The molecule has 6 heteroatoms. The molecule has 3 rings (SSSR count). The molecule has 1 aliphatic carbocycles. The third kappa shape index (κ3) is 2.43. The zero-order valence-corrected chi connectivity index (χ0v) is 13.8. The van der Waals surface area contributed by atoms with E-state index in [4.69, 9.17) is 9.47 Å². The van der Waals surface area contributed by atoms with Crippen molar-refractivity contribution in [3.63, 3.8) is 0 Å². The molecule has 1 aromatic heterocycles. The second kappa shape index (κ2) is 5.75. The van der Waals surface area contributed by atoms with Gasteiger partial charge in [0.25, 0.3) is 5.91 Å². The first-order valence-corrected chi connectivity index (χ1v) is 8.63. The van der Waals surface area contributed by atoms with Gasteiger partial charge in [0.15, 0.2) is 0 Å². The van der Waals surface area contributed by atoms with E-state index in [9.17, 15) is 4.79 Å². The molecule has 1 saturated heterocycles. The minimum absolute atomic E-state index is 0.0180. The predicted octanol–water partition coefficient (Wildman–Crippen LogP) is 2.97.